The van der Waals surface area contributed by atoms with E-state index < -0.39 is 5.38 Å². The molecule has 0 aliphatic heterocycles. The lowest BCUT2D eigenvalue weighted by atomic mass is 10.0. The molecule has 1 unspecified atom stereocenters. The molecule has 0 aliphatic rings. The van der Waals surface area contributed by atoms with E-state index in [1.165, 1.54) is 6.07 Å². The van der Waals surface area contributed by atoms with Gasteiger partial charge in [-0.25, -0.2) is 4.39 Å². The van der Waals surface area contributed by atoms with Crippen LogP contribution in [0.1, 0.15) is 22.1 Å². The fourth-order valence-electron chi connectivity index (χ4n) is 1.76. The van der Waals surface area contributed by atoms with Crippen LogP contribution in [0.3, 0.4) is 0 Å². The second-order valence-corrected chi connectivity index (χ2v) is 6.20. The van der Waals surface area contributed by atoms with Gasteiger partial charge in [0.15, 0.2) is 0 Å². The van der Waals surface area contributed by atoms with Crippen LogP contribution in [0.4, 0.5) is 4.39 Å². The van der Waals surface area contributed by atoms with Gasteiger partial charge in [0, 0.05) is 9.50 Å². The lowest BCUT2D eigenvalue weighted by Gasteiger charge is -2.15. The van der Waals surface area contributed by atoms with E-state index in [1.54, 1.807) is 13.0 Å². The van der Waals surface area contributed by atoms with E-state index >= 15 is 0 Å². The molecule has 0 saturated heterocycles. The highest BCUT2D eigenvalue weighted by molar-refractivity contribution is 9.10. The van der Waals surface area contributed by atoms with Gasteiger partial charge in [0.2, 0.25) is 0 Å². The van der Waals surface area contributed by atoms with Gasteiger partial charge in [-0.1, -0.05) is 35.3 Å². The molecule has 0 N–H and O–H groups in total. The Morgan fingerprint density at radius 3 is 2.53 bits per heavy atom. The van der Waals surface area contributed by atoms with Crippen molar-refractivity contribution in [3.05, 3.63) is 67.4 Å². The standard InChI is InChI=1S/C14H9BrCl3F/c1-7-5-9(11(16)6-12(7)19)13(17)8-3-2-4-10(15)14(8)18/h2-6,13H,1H3. The number of hydrogen-bond donors (Lipinski definition) is 0. The van der Waals surface area contributed by atoms with Gasteiger partial charge < -0.3 is 0 Å². The molecule has 19 heavy (non-hydrogen) atoms. The van der Waals surface area contributed by atoms with Crippen LogP contribution in [-0.4, -0.2) is 0 Å². The van der Waals surface area contributed by atoms with Crippen molar-refractivity contribution in [1.82, 2.24) is 0 Å². The van der Waals surface area contributed by atoms with Crippen LogP contribution in [-0.2, 0) is 0 Å². The lowest BCUT2D eigenvalue weighted by molar-refractivity contribution is 0.618. The molecule has 100 valence electrons. The highest BCUT2D eigenvalue weighted by Crippen LogP contribution is 2.40. The molecule has 0 heterocycles. The third-order valence-electron chi connectivity index (χ3n) is 2.81. The number of halogens is 5. The first-order valence-electron chi connectivity index (χ1n) is 5.45. The number of hydrogen-bond acceptors (Lipinski definition) is 0. The van der Waals surface area contributed by atoms with E-state index in [0.29, 0.717) is 21.2 Å². The Morgan fingerprint density at radius 1 is 1.16 bits per heavy atom. The van der Waals surface area contributed by atoms with Crippen molar-refractivity contribution in [3.8, 4) is 0 Å². The summed E-state index contributed by atoms with van der Waals surface area (Å²) in [6, 6.07) is 8.40. The van der Waals surface area contributed by atoms with Gasteiger partial charge in [-0.3, -0.25) is 0 Å². The average molecular weight is 382 g/mol. The summed E-state index contributed by atoms with van der Waals surface area (Å²) in [5.41, 5.74) is 1.86. The summed E-state index contributed by atoms with van der Waals surface area (Å²) < 4.78 is 14.2. The molecule has 0 saturated carbocycles. The predicted octanol–water partition coefficient (Wildman–Crippen LogP) is 6.53. The summed E-state index contributed by atoms with van der Waals surface area (Å²) in [6.45, 7) is 1.67. The Labute approximate surface area is 134 Å². The van der Waals surface area contributed by atoms with Crippen LogP contribution >= 0.6 is 50.7 Å². The predicted molar refractivity (Wildman–Crippen MR) is 83.0 cm³/mol. The van der Waals surface area contributed by atoms with Crippen molar-refractivity contribution in [3.63, 3.8) is 0 Å². The Bertz CT molecular complexity index is 628. The van der Waals surface area contributed by atoms with Gasteiger partial charge in [0.05, 0.1) is 10.4 Å². The molecule has 0 fully saturated rings. The second-order valence-electron chi connectivity index (χ2n) is 4.13. The summed E-state index contributed by atoms with van der Waals surface area (Å²) in [4.78, 5) is 0. The number of alkyl halides is 1. The van der Waals surface area contributed by atoms with Crippen molar-refractivity contribution in [2.45, 2.75) is 12.3 Å². The summed E-state index contributed by atoms with van der Waals surface area (Å²) in [7, 11) is 0. The van der Waals surface area contributed by atoms with Crippen molar-refractivity contribution < 1.29 is 4.39 Å². The first-order valence-corrected chi connectivity index (χ1v) is 7.44. The van der Waals surface area contributed by atoms with E-state index in [4.69, 9.17) is 34.8 Å². The van der Waals surface area contributed by atoms with E-state index in [9.17, 15) is 4.39 Å². The zero-order valence-corrected chi connectivity index (χ0v) is 13.7. The summed E-state index contributed by atoms with van der Waals surface area (Å²) in [6.07, 6.45) is 0. The Hall–Kier alpha value is -0.280. The van der Waals surface area contributed by atoms with E-state index in [1.807, 2.05) is 18.2 Å². The number of benzene rings is 2. The minimum Gasteiger partial charge on any atom is -0.207 e. The van der Waals surface area contributed by atoms with Crippen molar-refractivity contribution in [2.24, 2.45) is 0 Å². The monoisotopic (exact) mass is 380 g/mol. The SMILES string of the molecule is Cc1cc(C(Cl)c2cccc(Br)c2Cl)c(Cl)cc1F. The number of aryl methyl sites for hydroxylation is 1. The van der Waals surface area contributed by atoms with Crippen molar-refractivity contribution in [1.29, 1.82) is 0 Å². The first-order chi connectivity index (χ1) is 8.91. The minimum absolute atomic E-state index is 0.291. The molecule has 0 aliphatic carbocycles. The normalized spacial score (nSPS) is 12.5. The van der Waals surface area contributed by atoms with Crippen molar-refractivity contribution in [2.75, 3.05) is 0 Å². The zero-order valence-electron chi connectivity index (χ0n) is 9.85. The van der Waals surface area contributed by atoms with Gasteiger partial charge >= 0.3 is 0 Å². The largest absolute Gasteiger partial charge is 0.207 e. The van der Waals surface area contributed by atoms with E-state index in [-0.39, 0.29) is 5.82 Å². The lowest BCUT2D eigenvalue weighted by Crippen LogP contribution is -1.98. The average Bonchev–Trinajstić information content (AvgIpc) is 2.36. The quantitative estimate of drug-likeness (QED) is 0.518. The molecule has 2 rings (SSSR count). The fourth-order valence-corrected chi connectivity index (χ4v) is 3.11. The molecule has 5 heteroatoms. The summed E-state index contributed by atoms with van der Waals surface area (Å²) >= 11 is 22.0. The molecule has 0 radical (unpaired) electrons. The molecule has 0 spiro atoms. The topological polar surface area (TPSA) is 0 Å². The van der Waals surface area contributed by atoms with Gasteiger partial charge in [0.25, 0.3) is 0 Å². The highest BCUT2D eigenvalue weighted by Gasteiger charge is 2.19. The maximum Gasteiger partial charge on any atom is 0.127 e. The van der Waals surface area contributed by atoms with Gasteiger partial charge in [0.1, 0.15) is 5.82 Å². The van der Waals surface area contributed by atoms with E-state index in [2.05, 4.69) is 15.9 Å². The third kappa shape index (κ3) is 3.08. The molecule has 0 bridgehead atoms. The van der Waals surface area contributed by atoms with Crippen LogP contribution in [0.2, 0.25) is 10.0 Å². The van der Waals surface area contributed by atoms with Crippen LogP contribution in [0, 0.1) is 12.7 Å². The molecular weight excluding hydrogens is 373 g/mol. The molecule has 0 amide bonds. The zero-order chi connectivity index (χ0) is 14.2. The number of rotatable bonds is 2. The summed E-state index contributed by atoms with van der Waals surface area (Å²) in [5, 5.41) is 0.288. The molecule has 2 aromatic rings. The van der Waals surface area contributed by atoms with Crippen LogP contribution in [0.15, 0.2) is 34.8 Å². The Kier molecular flexibility index (Phi) is 4.78. The first kappa shape index (κ1) is 15.1. The maximum absolute atomic E-state index is 13.4. The van der Waals surface area contributed by atoms with Gasteiger partial charge in [-0.2, -0.15) is 0 Å². The molecule has 1 atom stereocenters. The molecular formula is C14H9BrCl3F. The van der Waals surface area contributed by atoms with Crippen molar-refractivity contribution >= 4 is 50.7 Å². The molecule has 2 aromatic carbocycles. The van der Waals surface area contributed by atoms with Crippen LogP contribution < -0.4 is 0 Å². The Morgan fingerprint density at radius 2 is 1.84 bits per heavy atom. The maximum atomic E-state index is 13.4. The third-order valence-corrected chi connectivity index (χ3v) is 4.91. The van der Waals surface area contributed by atoms with Gasteiger partial charge in [-0.15, -0.1) is 11.6 Å². The summed E-state index contributed by atoms with van der Waals surface area (Å²) in [5.74, 6) is -0.349. The minimum atomic E-state index is -0.531. The second kappa shape index (κ2) is 6.01. The van der Waals surface area contributed by atoms with Gasteiger partial charge in [-0.05, 0) is 57.7 Å². The van der Waals surface area contributed by atoms with E-state index in [0.717, 1.165) is 10.0 Å². The highest BCUT2D eigenvalue weighted by atomic mass is 79.9. The Balaban J connectivity index is 2.53. The molecule has 0 aromatic heterocycles. The van der Waals surface area contributed by atoms with Crippen LogP contribution in [0.25, 0.3) is 0 Å². The van der Waals surface area contributed by atoms with Crippen LogP contribution in [0.5, 0.6) is 0 Å². The fraction of sp³-hybridized carbons (Fsp3) is 0.143. The molecule has 0 nitrogen and oxygen atoms in total. The smallest absolute Gasteiger partial charge is 0.127 e.